The summed E-state index contributed by atoms with van der Waals surface area (Å²) in [4.78, 5) is 14.3. The van der Waals surface area contributed by atoms with Gasteiger partial charge in [0.1, 0.15) is 5.82 Å². The van der Waals surface area contributed by atoms with Crippen molar-refractivity contribution in [1.29, 1.82) is 0 Å². The quantitative estimate of drug-likeness (QED) is 0.806. The molecule has 5 heteroatoms. The van der Waals surface area contributed by atoms with E-state index in [1.807, 2.05) is 34.5 Å². The third-order valence-electron chi connectivity index (χ3n) is 3.57. The summed E-state index contributed by atoms with van der Waals surface area (Å²) in [5, 5.41) is 3.34. The lowest BCUT2D eigenvalue weighted by molar-refractivity contribution is 0.0719. The van der Waals surface area contributed by atoms with E-state index < -0.39 is 0 Å². The fraction of sp³-hybridized carbons (Fsp3) is 0.500. The Morgan fingerprint density at radius 2 is 2.21 bits per heavy atom. The Bertz CT molecular complexity index is 459. The molecule has 1 aliphatic rings. The van der Waals surface area contributed by atoms with Gasteiger partial charge in [-0.25, -0.2) is 4.39 Å². The van der Waals surface area contributed by atoms with Gasteiger partial charge in [0.05, 0.1) is 5.56 Å². The summed E-state index contributed by atoms with van der Waals surface area (Å²) < 4.78 is 13.8. The lowest BCUT2D eigenvalue weighted by atomic mass is 10.1. The van der Waals surface area contributed by atoms with Gasteiger partial charge < -0.3 is 10.2 Å². The third-order valence-corrected chi connectivity index (χ3v) is 4.47. The van der Waals surface area contributed by atoms with Crippen molar-refractivity contribution in [3.05, 3.63) is 33.1 Å². The highest BCUT2D eigenvalue weighted by Gasteiger charge is 2.23. The van der Waals surface area contributed by atoms with E-state index in [-0.39, 0.29) is 17.8 Å². The van der Waals surface area contributed by atoms with E-state index in [2.05, 4.69) is 5.32 Å². The maximum absolute atomic E-state index is 13.1. The van der Waals surface area contributed by atoms with Gasteiger partial charge in [0, 0.05) is 16.7 Å². The maximum Gasteiger partial charge on any atom is 0.254 e. The van der Waals surface area contributed by atoms with Crippen molar-refractivity contribution in [3.8, 4) is 0 Å². The van der Waals surface area contributed by atoms with Gasteiger partial charge in [-0.05, 0) is 73.1 Å². The van der Waals surface area contributed by atoms with Crippen LogP contribution in [0.3, 0.4) is 0 Å². The average Bonchev–Trinajstić information content (AvgIpc) is 2.66. The Morgan fingerprint density at radius 1 is 1.42 bits per heavy atom. The number of benzene rings is 1. The summed E-state index contributed by atoms with van der Waals surface area (Å²) in [7, 11) is 1.84. The molecule has 1 fully saturated rings. The van der Waals surface area contributed by atoms with Crippen LogP contribution in [-0.4, -0.2) is 37.0 Å². The maximum atomic E-state index is 13.1. The minimum Gasteiger partial charge on any atom is -0.339 e. The van der Waals surface area contributed by atoms with Gasteiger partial charge in [0.15, 0.2) is 0 Å². The molecule has 1 heterocycles. The van der Waals surface area contributed by atoms with Crippen molar-refractivity contribution < 1.29 is 9.18 Å². The molecule has 1 aliphatic heterocycles. The SMILES string of the molecule is CN(C(=O)c1ccc(F)cc1I)C1CCCNCC1. The molecule has 0 aliphatic carbocycles. The summed E-state index contributed by atoms with van der Waals surface area (Å²) in [6.45, 7) is 1.97. The molecule has 0 spiro atoms. The highest BCUT2D eigenvalue weighted by Crippen LogP contribution is 2.19. The van der Waals surface area contributed by atoms with Gasteiger partial charge in [-0.1, -0.05) is 0 Å². The molecule has 1 unspecified atom stereocenters. The molecule has 0 aromatic heterocycles. The zero-order valence-electron chi connectivity index (χ0n) is 11.0. The predicted octanol–water partition coefficient (Wildman–Crippen LogP) is 2.64. The van der Waals surface area contributed by atoms with Crippen LogP contribution < -0.4 is 5.32 Å². The molecule has 1 aromatic carbocycles. The number of rotatable bonds is 2. The standard InChI is InChI=1S/C14H18FIN2O/c1-18(11-3-2-7-17-8-6-11)14(19)12-5-4-10(15)9-13(12)16/h4-5,9,11,17H,2-3,6-8H2,1H3. The predicted molar refractivity (Wildman–Crippen MR) is 81.7 cm³/mol. The Kier molecular flexibility index (Phi) is 5.15. The van der Waals surface area contributed by atoms with Crippen molar-refractivity contribution in [1.82, 2.24) is 10.2 Å². The molecule has 1 saturated heterocycles. The van der Waals surface area contributed by atoms with Gasteiger partial charge in [-0.2, -0.15) is 0 Å². The molecule has 1 N–H and O–H groups in total. The van der Waals surface area contributed by atoms with Crippen LogP contribution in [0.1, 0.15) is 29.6 Å². The van der Waals surface area contributed by atoms with E-state index in [4.69, 9.17) is 0 Å². The number of amides is 1. The number of carbonyl (C=O) groups excluding carboxylic acids is 1. The van der Waals surface area contributed by atoms with Crippen LogP contribution in [0, 0.1) is 9.39 Å². The minimum absolute atomic E-state index is 0.0173. The molecule has 2 rings (SSSR count). The van der Waals surface area contributed by atoms with Gasteiger partial charge in [-0.15, -0.1) is 0 Å². The smallest absolute Gasteiger partial charge is 0.254 e. The Balaban J connectivity index is 2.13. The number of halogens is 2. The summed E-state index contributed by atoms with van der Waals surface area (Å²) >= 11 is 2.01. The van der Waals surface area contributed by atoms with Gasteiger partial charge in [0.25, 0.3) is 5.91 Å². The van der Waals surface area contributed by atoms with Crippen molar-refractivity contribution in [3.63, 3.8) is 0 Å². The molecular weight excluding hydrogens is 358 g/mol. The van der Waals surface area contributed by atoms with Crippen LogP contribution in [0.15, 0.2) is 18.2 Å². The molecule has 0 radical (unpaired) electrons. The number of carbonyl (C=O) groups is 1. The zero-order chi connectivity index (χ0) is 13.8. The molecule has 0 bridgehead atoms. The van der Waals surface area contributed by atoms with Crippen molar-refractivity contribution in [2.45, 2.75) is 25.3 Å². The number of nitrogens with zero attached hydrogens (tertiary/aromatic N) is 1. The van der Waals surface area contributed by atoms with Crippen LogP contribution in [0.5, 0.6) is 0 Å². The summed E-state index contributed by atoms with van der Waals surface area (Å²) in [6, 6.07) is 4.59. The largest absolute Gasteiger partial charge is 0.339 e. The third kappa shape index (κ3) is 3.66. The zero-order valence-corrected chi connectivity index (χ0v) is 13.1. The van der Waals surface area contributed by atoms with Crippen molar-refractivity contribution in [2.75, 3.05) is 20.1 Å². The Labute approximate surface area is 126 Å². The monoisotopic (exact) mass is 376 g/mol. The lowest BCUT2D eigenvalue weighted by Crippen LogP contribution is -2.38. The highest BCUT2D eigenvalue weighted by atomic mass is 127. The number of hydrogen-bond donors (Lipinski definition) is 1. The lowest BCUT2D eigenvalue weighted by Gasteiger charge is -2.27. The van der Waals surface area contributed by atoms with E-state index in [0.29, 0.717) is 9.13 Å². The van der Waals surface area contributed by atoms with Crippen LogP contribution in [0.4, 0.5) is 4.39 Å². The fourth-order valence-electron chi connectivity index (χ4n) is 2.41. The first-order chi connectivity index (χ1) is 9.09. The van der Waals surface area contributed by atoms with E-state index in [1.165, 1.54) is 12.1 Å². The molecule has 19 heavy (non-hydrogen) atoms. The van der Waals surface area contributed by atoms with Crippen LogP contribution in [0.2, 0.25) is 0 Å². The molecule has 1 aromatic rings. The first kappa shape index (κ1) is 14.7. The summed E-state index contributed by atoms with van der Waals surface area (Å²) in [5.74, 6) is -0.321. The summed E-state index contributed by atoms with van der Waals surface area (Å²) in [6.07, 6.45) is 3.08. The van der Waals surface area contributed by atoms with E-state index in [9.17, 15) is 9.18 Å². The van der Waals surface area contributed by atoms with Crippen LogP contribution in [0.25, 0.3) is 0 Å². The highest BCUT2D eigenvalue weighted by molar-refractivity contribution is 14.1. The van der Waals surface area contributed by atoms with Gasteiger partial charge in [0.2, 0.25) is 0 Å². The second-order valence-electron chi connectivity index (χ2n) is 4.87. The Hall–Kier alpha value is -0.690. The molecular formula is C14H18FIN2O. The molecule has 0 saturated carbocycles. The number of hydrogen-bond acceptors (Lipinski definition) is 2. The first-order valence-electron chi connectivity index (χ1n) is 6.52. The molecule has 1 amide bonds. The van der Waals surface area contributed by atoms with Gasteiger partial charge >= 0.3 is 0 Å². The van der Waals surface area contributed by atoms with Crippen LogP contribution in [-0.2, 0) is 0 Å². The van der Waals surface area contributed by atoms with Crippen molar-refractivity contribution in [2.24, 2.45) is 0 Å². The topological polar surface area (TPSA) is 32.3 Å². The second kappa shape index (κ2) is 6.65. The fourth-order valence-corrected chi connectivity index (χ4v) is 3.11. The van der Waals surface area contributed by atoms with Gasteiger partial charge in [-0.3, -0.25) is 4.79 Å². The molecule has 104 valence electrons. The van der Waals surface area contributed by atoms with Crippen molar-refractivity contribution >= 4 is 28.5 Å². The summed E-state index contributed by atoms with van der Waals surface area (Å²) in [5.41, 5.74) is 0.585. The average molecular weight is 376 g/mol. The van der Waals surface area contributed by atoms with E-state index in [1.54, 1.807) is 6.07 Å². The van der Waals surface area contributed by atoms with E-state index >= 15 is 0 Å². The minimum atomic E-state index is -0.303. The first-order valence-corrected chi connectivity index (χ1v) is 7.60. The Morgan fingerprint density at radius 3 is 2.95 bits per heavy atom. The van der Waals surface area contributed by atoms with Crippen LogP contribution >= 0.6 is 22.6 Å². The molecule has 3 nitrogen and oxygen atoms in total. The number of nitrogens with one attached hydrogen (secondary N) is 1. The second-order valence-corrected chi connectivity index (χ2v) is 6.04. The normalized spacial score (nSPS) is 19.8. The molecule has 1 atom stereocenters. The van der Waals surface area contributed by atoms with E-state index in [0.717, 1.165) is 32.4 Å².